The summed E-state index contributed by atoms with van der Waals surface area (Å²) in [7, 11) is 0. The zero-order chi connectivity index (χ0) is 34.8. The van der Waals surface area contributed by atoms with Gasteiger partial charge in [-0.25, -0.2) is 4.79 Å². The number of aromatic nitrogens is 2. The second kappa shape index (κ2) is 14.0. The molecule has 1 fully saturated rings. The number of para-hydroxylation sites is 1. The number of H-pyrrole nitrogens is 1. The first-order chi connectivity index (χ1) is 24.1. The molecule has 5 heterocycles. The number of urea groups is 1. The molecule has 2 aromatic carbocycles. The summed E-state index contributed by atoms with van der Waals surface area (Å²) in [6.45, 7) is 2.52. The number of aromatic amines is 1. The van der Waals surface area contributed by atoms with Crippen molar-refractivity contribution in [3.05, 3.63) is 59.3 Å². The van der Waals surface area contributed by atoms with E-state index in [4.69, 9.17) is 0 Å². The van der Waals surface area contributed by atoms with E-state index in [1.165, 1.54) is 11.1 Å². The molecule has 0 saturated carbocycles. The molecule has 0 bridgehead atoms. The number of hydrogen-bond acceptors (Lipinski definition) is 5. The molecule has 3 atom stereocenters. The van der Waals surface area contributed by atoms with Crippen molar-refractivity contribution in [1.82, 2.24) is 30.2 Å². The molecule has 4 aliphatic heterocycles. The molecule has 50 heavy (non-hydrogen) atoms. The summed E-state index contributed by atoms with van der Waals surface area (Å²) in [4.78, 5) is 45.9. The summed E-state index contributed by atoms with van der Waals surface area (Å²) in [6.07, 6.45) is -0.178. The van der Waals surface area contributed by atoms with Crippen molar-refractivity contribution in [2.24, 2.45) is 17.8 Å². The molecule has 13 heteroatoms. The number of nitrogens with zero attached hydrogens (tertiary/aromatic N) is 4. The van der Waals surface area contributed by atoms with Gasteiger partial charge in [-0.3, -0.25) is 19.6 Å². The lowest BCUT2D eigenvalue weighted by atomic mass is 9.85. The van der Waals surface area contributed by atoms with Crippen molar-refractivity contribution in [2.75, 3.05) is 38.0 Å². The highest BCUT2D eigenvalue weighted by atomic mass is 19.4. The Morgan fingerprint density at radius 3 is 2.54 bits per heavy atom. The van der Waals surface area contributed by atoms with Crippen molar-refractivity contribution >= 4 is 34.4 Å². The maximum Gasteiger partial charge on any atom is 0.418 e. The fourth-order valence-electron chi connectivity index (χ4n) is 7.55. The van der Waals surface area contributed by atoms with Crippen LogP contribution in [0.4, 0.5) is 23.7 Å². The Balaban J connectivity index is 1.06. The topological polar surface area (TPSA) is 114 Å². The average molecular weight is 686 g/mol. The number of nitrogens with one attached hydrogen (secondary N) is 3. The maximum absolute atomic E-state index is 14.0. The van der Waals surface area contributed by atoms with E-state index in [1.54, 1.807) is 11.0 Å². The third-order valence-corrected chi connectivity index (χ3v) is 10.3. The van der Waals surface area contributed by atoms with Crippen LogP contribution in [0.2, 0.25) is 0 Å². The van der Waals surface area contributed by atoms with Gasteiger partial charge in [0.1, 0.15) is 0 Å². The highest BCUT2D eigenvalue weighted by molar-refractivity contribution is 5.91. The average Bonchev–Trinajstić information content (AvgIpc) is 3.53. The first-order valence-electron chi connectivity index (χ1n) is 17.2. The third kappa shape index (κ3) is 7.09. The monoisotopic (exact) mass is 685 g/mol. The van der Waals surface area contributed by atoms with Crippen LogP contribution in [0.5, 0.6) is 0 Å². The SMILES string of the molecule is O=C(C(CC(=O)N1CCC(N2CCc3ccccc3NC2=O)CC1)Cc1cc(C(F)(F)F)c2[nH]ncc2c1)N1C#CC(C2C#CNCC2)CC1. The van der Waals surface area contributed by atoms with E-state index >= 15 is 0 Å². The standard InChI is InChI=1S/C37H38F3N7O3/c38-37(39,40)31-21-24(20-29-23-42-44-34(29)31)19-28(35(49)46-14-7-26(8-15-46)25-5-12-41-13-6-25)22-33(48)45-16-10-30(11-17-45)47-18-9-27-3-1-2-4-32(27)43-36(47)50/h1-4,20-21,23,25-26,28,30,41H,5,7,9-12,14,16-19,22H2,(H,42,44)(H,43,50). The summed E-state index contributed by atoms with van der Waals surface area (Å²) in [5.41, 5.74) is 1.18. The number of alkyl halides is 3. The van der Waals surface area contributed by atoms with E-state index in [-0.39, 0.29) is 65.0 Å². The Kier molecular flexibility index (Phi) is 9.32. The highest BCUT2D eigenvalue weighted by Gasteiger charge is 2.37. The van der Waals surface area contributed by atoms with Crippen molar-refractivity contribution in [3.8, 4) is 23.9 Å². The van der Waals surface area contributed by atoms with E-state index < -0.39 is 17.7 Å². The predicted molar refractivity (Wildman–Crippen MR) is 180 cm³/mol. The largest absolute Gasteiger partial charge is 0.418 e. The number of hydrogen-bond donors (Lipinski definition) is 3. The van der Waals surface area contributed by atoms with Gasteiger partial charge in [0, 0.05) is 80.2 Å². The Bertz CT molecular complexity index is 1910. The molecule has 1 saturated heterocycles. The van der Waals surface area contributed by atoms with Crippen molar-refractivity contribution < 1.29 is 27.6 Å². The fourth-order valence-corrected chi connectivity index (χ4v) is 7.55. The number of piperidine rings is 1. The number of fused-ring (bicyclic) bond motifs is 2. The Labute approximate surface area is 288 Å². The van der Waals surface area contributed by atoms with Gasteiger partial charge in [-0.05, 0) is 67.9 Å². The van der Waals surface area contributed by atoms with Crippen LogP contribution in [0, 0.1) is 41.7 Å². The fraction of sp³-hybridized carbons (Fsp3) is 0.459. The first kappa shape index (κ1) is 33.3. The van der Waals surface area contributed by atoms with Crippen LogP contribution < -0.4 is 10.6 Å². The van der Waals surface area contributed by atoms with Crippen molar-refractivity contribution in [2.45, 2.75) is 57.2 Å². The zero-order valence-corrected chi connectivity index (χ0v) is 27.5. The maximum atomic E-state index is 14.0. The molecule has 0 aliphatic carbocycles. The van der Waals surface area contributed by atoms with Gasteiger partial charge in [-0.15, -0.1) is 0 Å². The van der Waals surface area contributed by atoms with E-state index in [9.17, 15) is 27.6 Å². The minimum atomic E-state index is -4.64. The summed E-state index contributed by atoms with van der Waals surface area (Å²) < 4.78 is 42.1. The van der Waals surface area contributed by atoms with Gasteiger partial charge in [0.15, 0.2) is 0 Å². The van der Waals surface area contributed by atoms with Gasteiger partial charge < -0.3 is 20.4 Å². The highest BCUT2D eigenvalue weighted by Crippen LogP contribution is 2.36. The molecular weight excluding hydrogens is 647 g/mol. The second-order valence-corrected chi connectivity index (χ2v) is 13.5. The van der Waals surface area contributed by atoms with Crippen LogP contribution in [0.3, 0.4) is 0 Å². The number of benzene rings is 2. The molecule has 260 valence electrons. The molecule has 4 aliphatic rings. The van der Waals surface area contributed by atoms with Crippen LogP contribution >= 0.6 is 0 Å². The summed E-state index contributed by atoms with van der Waals surface area (Å²) in [5, 5.41) is 12.5. The van der Waals surface area contributed by atoms with Gasteiger partial charge in [-0.1, -0.05) is 30.0 Å². The minimum Gasteiger partial charge on any atom is -0.346 e. The number of carbonyl (C=O) groups excluding carboxylic acids is 3. The van der Waals surface area contributed by atoms with E-state index in [2.05, 4.69) is 44.8 Å². The van der Waals surface area contributed by atoms with Gasteiger partial charge in [0.25, 0.3) is 0 Å². The minimum absolute atomic E-state index is 0.0216. The third-order valence-electron chi connectivity index (χ3n) is 10.3. The number of amides is 4. The number of likely N-dealkylation sites (tertiary alicyclic amines) is 1. The molecule has 10 nitrogen and oxygen atoms in total. The summed E-state index contributed by atoms with van der Waals surface area (Å²) in [5.74, 6) is 4.94. The van der Waals surface area contributed by atoms with Gasteiger partial charge >= 0.3 is 12.2 Å². The molecule has 4 amide bonds. The Morgan fingerprint density at radius 2 is 1.80 bits per heavy atom. The van der Waals surface area contributed by atoms with Crippen LogP contribution in [0.25, 0.3) is 10.9 Å². The van der Waals surface area contributed by atoms with Gasteiger partial charge in [-0.2, -0.15) is 18.3 Å². The molecule has 7 rings (SSSR count). The molecule has 0 spiro atoms. The molecule has 3 N–H and O–H groups in total. The van der Waals surface area contributed by atoms with Crippen LogP contribution in [0.15, 0.2) is 42.6 Å². The summed E-state index contributed by atoms with van der Waals surface area (Å²) >= 11 is 0. The van der Waals surface area contributed by atoms with Crippen LogP contribution in [-0.2, 0) is 28.6 Å². The quantitative estimate of drug-likeness (QED) is 0.315. The lowest BCUT2D eigenvalue weighted by Crippen LogP contribution is -2.50. The molecule has 0 radical (unpaired) electrons. The van der Waals surface area contributed by atoms with Crippen molar-refractivity contribution in [3.63, 3.8) is 0 Å². The number of rotatable bonds is 7. The predicted octanol–water partition coefficient (Wildman–Crippen LogP) is 4.59. The lowest BCUT2D eigenvalue weighted by Gasteiger charge is -2.38. The summed E-state index contributed by atoms with van der Waals surface area (Å²) in [6, 6.07) is 16.1. The van der Waals surface area contributed by atoms with Crippen molar-refractivity contribution in [1.29, 1.82) is 0 Å². The van der Waals surface area contributed by atoms with Crippen LogP contribution in [0.1, 0.15) is 48.8 Å². The van der Waals surface area contributed by atoms with E-state index in [1.807, 2.05) is 29.2 Å². The number of halogens is 3. The zero-order valence-electron chi connectivity index (χ0n) is 27.5. The van der Waals surface area contributed by atoms with E-state index in [0.717, 1.165) is 36.7 Å². The number of anilines is 1. The normalized spacial score (nSPS) is 21.5. The second-order valence-electron chi connectivity index (χ2n) is 13.5. The Hall–Kier alpha value is -5.17. The lowest BCUT2D eigenvalue weighted by molar-refractivity contribution is -0.140. The first-order valence-corrected chi connectivity index (χ1v) is 17.2. The Morgan fingerprint density at radius 1 is 1.00 bits per heavy atom. The smallest absolute Gasteiger partial charge is 0.346 e. The van der Waals surface area contributed by atoms with Gasteiger partial charge in [0.05, 0.1) is 23.2 Å². The van der Waals surface area contributed by atoms with Crippen LogP contribution in [-0.4, -0.2) is 81.5 Å². The number of carbonyl (C=O) groups is 3. The molecule has 3 unspecified atom stereocenters. The van der Waals surface area contributed by atoms with E-state index in [0.29, 0.717) is 45.4 Å². The molecular formula is C37H38F3N7O3. The van der Waals surface area contributed by atoms with Gasteiger partial charge in [0.2, 0.25) is 11.8 Å². The molecule has 3 aromatic rings. The molecule has 1 aromatic heterocycles.